The largest absolute Gasteiger partial charge is 0.481 e. The lowest BCUT2D eigenvalue weighted by Crippen LogP contribution is -2.46. The molecule has 0 aromatic carbocycles. The summed E-state index contributed by atoms with van der Waals surface area (Å²) in [5.74, 6) is 0.0868. The Bertz CT molecular complexity index is 242. The fraction of sp³-hybridized carbons (Fsp3) is 0.923. The van der Waals surface area contributed by atoms with Gasteiger partial charge in [-0.3, -0.25) is 4.79 Å². The molecular weight excluding hydrogens is 202 g/mol. The summed E-state index contributed by atoms with van der Waals surface area (Å²) in [7, 11) is 2.02. The van der Waals surface area contributed by atoms with Crippen molar-refractivity contribution in [2.75, 3.05) is 13.6 Å². The Morgan fingerprint density at radius 2 is 1.94 bits per heavy atom. The van der Waals surface area contributed by atoms with Crippen molar-refractivity contribution in [2.24, 2.45) is 11.3 Å². The second kappa shape index (κ2) is 5.17. The summed E-state index contributed by atoms with van der Waals surface area (Å²) in [4.78, 5) is 13.7. The zero-order chi connectivity index (χ0) is 12.3. The van der Waals surface area contributed by atoms with E-state index in [1.165, 1.54) is 0 Å². The minimum absolute atomic E-state index is 0.413. The van der Waals surface area contributed by atoms with Crippen LogP contribution in [-0.4, -0.2) is 35.6 Å². The van der Waals surface area contributed by atoms with Gasteiger partial charge in [-0.2, -0.15) is 0 Å². The van der Waals surface area contributed by atoms with Gasteiger partial charge in [-0.1, -0.05) is 6.92 Å². The minimum atomic E-state index is -0.605. The van der Waals surface area contributed by atoms with E-state index in [4.69, 9.17) is 0 Å². The number of carboxylic acid groups (broad SMARTS) is 1. The van der Waals surface area contributed by atoms with Crippen LogP contribution in [0.3, 0.4) is 0 Å². The second-order valence-corrected chi connectivity index (χ2v) is 5.78. The molecule has 1 aliphatic rings. The first-order valence-electron chi connectivity index (χ1n) is 6.31. The van der Waals surface area contributed by atoms with E-state index in [2.05, 4.69) is 25.7 Å². The Kier molecular flexibility index (Phi) is 4.36. The standard InChI is InChI=1S/C13H25NO2/c1-10(2)14(4)9-13(12(15)16)7-5-11(3)6-8-13/h10-11H,5-9H2,1-4H3,(H,15,16). The molecule has 94 valence electrons. The molecule has 0 amide bonds. The average Bonchev–Trinajstić information content (AvgIpc) is 2.21. The molecule has 0 atom stereocenters. The number of hydrogen-bond donors (Lipinski definition) is 1. The molecule has 1 aliphatic carbocycles. The molecule has 0 bridgehead atoms. The molecule has 1 saturated carbocycles. The summed E-state index contributed by atoms with van der Waals surface area (Å²) in [6.07, 6.45) is 3.78. The van der Waals surface area contributed by atoms with Gasteiger partial charge in [0.1, 0.15) is 0 Å². The second-order valence-electron chi connectivity index (χ2n) is 5.78. The molecule has 3 nitrogen and oxygen atoms in total. The highest BCUT2D eigenvalue weighted by Crippen LogP contribution is 2.39. The molecule has 0 heterocycles. The van der Waals surface area contributed by atoms with Crippen molar-refractivity contribution in [3.05, 3.63) is 0 Å². The van der Waals surface area contributed by atoms with Crippen molar-refractivity contribution >= 4 is 5.97 Å². The lowest BCUT2D eigenvalue weighted by atomic mass is 9.70. The number of nitrogens with zero attached hydrogens (tertiary/aromatic N) is 1. The highest BCUT2D eigenvalue weighted by atomic mass is 16.4. The number of carboxylic acids is 1. The Hall–Kier alpha value is -0.570. The summed E-state index contributed by atoms with van der Waals surface area (Å²) < 4.78 is 0. The zero-order valence-electron chi connectivity index (χ0n) is 11.0. The third kappa shape index (κ3) is 2.97. The van der Waals surface area contributed by atoms with Crippen molar-refractivity contribution in [1.29, 1.82) is 0 Å². The highest BCUT2D eigenvalue weighted by molar-refractivity contribution is 5.75. The van der Waals surface area contributed by atoms with Crippen LogP contribution in [0.15, 0.2) is 0 Å². The number of carbonyl (C=O) groups is 1. The van der Waals surface area contributed by atoms with E-state index in [1.54, 1.807) is 0 Å². The molecule has 0 aliphatic heterocycles. The summed E-state index contributed by atoms with van der Waals surface area (Å²) in [5, 5.41) is 9.48. The van der Waals surface area contributed by atoms with Gasteiger partial charge in [0.25, 0.3) is 0 Å². The first-order valence-corrected chi connectivity index (χ1v) is 6.31. The highest BCUT2D eigenvalue weighted by Gasteiger charge is 2.42. The predicted octanol–water partition coefficient (Wildman–Crippen LogP) is 2.61. The Morgan fingerprint density at radius 3 is 2.31 bits per heavy atom. The summed E-state index contributed by atoms with van der Waals surface area (Å²) in [6.45, 7) is 7.13. The first kappa shape index (κ1) is 13.5. The molecule has 1 fully saturated rings. The van der Waals surface area contributed by atoms with Crippen molar-refractivity contribution < 1.29 is 9.90 Å². The topological polar surface area (TPSA) is 40.5 Å². The van der Waals surface area contributed by atoms with Crippen LogP contribution in [-0.2, 0) is 4.79 Å². The molecule has 0 aromatic heterocycles. The van der Waals surface area contributed by atoms with E-state index in [0.29, 0.717) is 18.5 Å². The van der Waals surface area contributed by atoms with E-state index in [0.717, 1.165) is 25.7 Å². The lowest BCUT2D eigenvalue weighted by Gasteiger charge is -2.39. The van der Waals surface area contributed by atoms with Crippen molar-refractivity contribution in [1.82, 2.24) is 4.90 Å². The predicted molar refractivity (Wildman–Crippen MR) is 65.5 cm³/mol. The zero-order valence-corrected chi connectivity index (χ0v) is 11.0. The molecule has 0 unspecified atom stereocenters. The molecule has 0 saturated heterocycles. The van der Waals surface area contributed by atoms with Gasteiger partial charge >= 0.3 is 5.97 Å². The van der Waals surface area contributed by atoms with Gasteiger partial charge in [-0.05, 0) is 52.5 Å². The molecule has 3 heteroatoms. The van der Waals surface area contributed by atoms with E-state index in [9.17, 15) is 9.90 Å². The normalized spacial score (nSPS) is 31.0. The van der Waals surface area contributed by atoms with Crippen molar-refractivity contribution in [3.63, 3.8) is 0 Å². The third-order valence-electron chi connectivity index (χ3n) is 4.12. The van der Waals surface area contributed by atoms with Gasteiger partial charge in [0, 0.05) is 12.6 Å². The van der Waals surface area contributed by atoms with Crippen LogP contribution in [0.4, 0.5) is 0 Å². The lowest BCUT2D eigenvalue weighted by molar-refractivity contribution is -0.153. The third-order valence-corrected chi connectivity index (χ3v) is 4.12. The van der Waals surface area contributed by atoms with Gasteiger partial charge in [-0.25, -0.2) is 0 Å². The van der Waals surface area contributed by atoms with Gasteiger partial charge in [0.05, 0.1) is 5.41 Å². The fourth-order valence-electron chi connectivity index (χ4n) is 2.41. The Balaban J connectivity index is 2.70. The van der Waals surface area contributed by atoms with Crippen LogP contribution >= 0.6 is 0 Å². The van der Waals surface area contributed by atoms with Crippen LogP contribution in [0.2, 0.25) is 0 Å². The van der Waals surface area contributed by atoms with Crippen molar-refractivity contribution in [2.45, 2.75) is 52.5 Å². The van der Waals surface area contributed by atoms with E-state index in [-0.39, 0.29) is 0 Å². The molecule has 0 spiro atoms. The van der Waals surface area contributed by atoms with Crippen molar-refractivity contribution in [3.8, 4) is 0 Å². The van der Waals surface area contributed by atoms with E-state index >= 15 is 0 Å². The number of aliphatic carboxylic acids is 1. The summed E-state index contributed by atoms with van der Waals surface area (Å²) >= 11 is 0. The Labute approximate surface area is 98.8 Å². The van der Waals surface area contributed by atoms with Crippen LogP contribution in [0.1, 0.15) is 46.5 Å². The number of hydrogen-bond acceptors (Lipinski definition) is 2. The van der Waals surface area contributed by atoms with Gasteiger partial charge < -0.3 is 10.0 Å². The molecule has 0 radical (unpaired) electrons. The molecule has 1 N–H and O–H groups in total. The van der Waals surface area contributed by atoms with Crippen LogP contribution in [0, 0.1) is 11.3 Å². The maximum Gasteiger partial charge on any atom is 0.310 e. The van der Waals surface area contributed by atoms with Gasteiger partial charge in [0.15, 0.2) is 0 Å². The monoisotopic (exact) mass is 227 g/mol. The molecule has 16 heavy (non-hydrogen) atoms. The summed E-state index contributed by atoms with van der Waals surface area (Å²) in [6, 6.07) is 0.413. The average molecular weight is 227 g/mol. The Morgan fingerprint density at radius 1 is 1.44 bits per heavy atom. The minimum Gasteiger partial charge on any atom is -0.481 e. The van der Waals surface area contributed by atoms with Crippen LogP contribution in [0.25, 0.3) is 0 Å². The molecule has 1 rings (SSSR count). The first-order chi connectivity index (χ1) is 7.37. The molecular formula is C13H25NO2. The van der Waals surface area contributed by atoms with Gasteiger partial charge in [-0.15, -0.1) is 0 Å². The fourth-order valence-corrected chi connectivity index (χ4v) is 2.41. The van der Waals surface area contributed by atoms with E-state index in [1.807, 2.05) is 7.05 Å². The molecule has 0 aromatic rings. The maximum absolute atomic E-state index is 11.5. The SMILES string of the molecule is CC1CCC(CN(C)C(C)C)(C(=O)O)CC1. The van der Waals surface area contributed by atoms with Crippen LogP contribution in [0.5, 0.6) is 0 Å². The van der Waals surface area contributed by atoms with Crippen LogP contribution < -0.4 is 0 Å². The summed E-state index contributed by atoms with van der Waals surface area (Å²) in [5.41, 5.74) is -0.495. The van der Waals surface area contributed by atoms with E-state index < -0.39 is 11.4 Å². The quantitative estimate of drug-likeness (QED) is 0.802. The smallest absolute Gasteiger partial charge is 0.310 e. The number of rotatable bonds is 4. The van der Waals surface area contributed by atoms with Gasteiger partial charge in [0.2, 0.25) is 0 Å². The maximum atomic E-state index is 11.5.